The predicted octanol–water partition coefficient (Wildman–Crippen LogP) is 1.75. The Labute approximate surface area is 198 Å². The number of imide groups is 2. The third-order valence-electron chi connectivity index (χ3n) is 7.48. The fraction of sp³-hybridized carbons (Fsp3) is 0.560. The molecule has 1 aromatic carbocycles. The molecule has 1 unspecified atom stereocenters. The summed E-state index contributed by atoms with van der Waals surface area (Å²) < 4.78 is 0. The standard InChI is InChI=1S/C25H30N4O5/c1-2-26-22(31)14-6-8-15(9-7-14)28(16-10-11-16)18-5-3-4-17-21(18)25(34)29(24(17)33)19-12-13-20(30)27-23(19)32/h3-5,14-16,19H,2,6-13H2,1H3,(H,26,31)(H,27,30,32)/t14-,15-,19?. The van der Waals surface area contributed by atoms with Gasteiger partial charge in [0.15, 0.2) is 0 Å². The van der Waals surface area contributed by atoms with E-state index in [1.165, 1.54) is 0 Å². The average molecular weight is 467 g/mol. The van der Waals surface area contributed by atoms with Crippen molar-refractivity contribution in [3.05, 3.63) is 29.3 Å². The van der Waals surface area contributed by atoms with Gasteiger partial charge >= 0.3 is 0 Å². The first-order valence-electron chi connectivity index (χ1n) is 12.3. The van der Waals surface area contributed by atoms with Crippen LogP contribution in [0.25, 0.3) is 0 Å². The summed E-state index contributed by atoms with van der Waals surface area (Å²) in [4.78, 5) is 66.4. The van der Waals surface area contributed by atoms with Gasteiger partial charge < -0.3 is 10.2 Å². The number of hydrogen-bond acceptors (Lipinski definition) is 6. The van der Waals surface area contributed by atoms with E-state index in [9.17, 15) is 24.0 Å². The molecular weight excluding hydrogens is 436 g/mol. The molecule has 2 saturated carbocycles. The van der Waals surface area contributed by atoms with Crippen LogP contribution in [0.3, 0.4) is 0 Å². The third kappa shape index (κ3) is 3.86. The summed E-state index contributed by atoms with van der Waals surface area (Å²) in [5, 5.41) is 5.17. The maximum atomic E-state index is 13.6. The molecule has 0 bridgehead atoms. The van der Waals surface area contributed by atoms with E-state index in [4.69, 9.17) is 0 Å². The van der Waals surface area contributed by atoms with Gasteiger partial charge in [0.25, 0.3) is 11.8 Å². The van der Waals surface area contributed by atoms with Gasteiger partial charge in [0.1, 0.15) is 6.04 Å². The maximum Gasteiger partial charge on any atom is 0.264 e. The number of nitrogens with one attached hydrogen (secondary N) is 2. The zero-order chi connectivity index (χ0) is 24.0. The van der Waals surface area contributed by atoms with Crippen LogP contribution in [0.1, 0.15) is 79.0 Å². The summed E-state index contributed by atoms with van der Waals surface area (Å²) in [6.45, 7) is 2.55. The van der Waals surface area contributed by atoms with Crippen molar-refractivity contribution in [1.82, 2.24) is 15.5 Å². The van der Waals surface area contributed by atoms with E-state index in [1.54, 1.807) is 12.1 Å². The Morgan fingerprint density at radius 2 is 1.68 bits per heavy atom. The number of fused-ring (bicyclic) bond motifs is 1. The number of hydrogen-bond donors (Lipinski definition) is 2. The van der Waals surface area contributed by atoms with Crippen LogP contribution in [-0.4, -0.2) is 59.1 Å². The van der Waals surface area contributed by atoms with Crippen LogP contribution in [0.2, 0.25) is 0 Å². The summed E-state index contributed by atoms with van der Waals surface area (Å²) in [5.41, 5.74) is 1.42. The molecular formula is C25H30N4O5. The van der Waals surface area contributed by atoms with E-state index in [0.717, 1.165) is 49.1 Å². The molecule has 1 saturated heterocycles. The Kier molecular flexibility index (Phi) is 5.87. The predicted molar refractivity (Wildman–Crippen MR) is 123 cm³/mol. The number of rotatable bonds is 6. The summed E-state index contributed by atoms with van der Waals surface area (Å²) in [6.07, 6.45) is 5.58. The smallest absolute Gasteiger partial charge is 0.264 e. The molecule has 180 valence electrons. The molecule has 2 aliphatic carbocycles. The molecule has 2 N–H and O–H groups in total. The number of nitrogens with zero attached hydrogens (tertiary/aromatic N) is 2. The highest BCUT2D eigenvalue weighted by atomic mass is 16.2. The zero-order valence-electron chi connectivity index (χ0n) is 19.3. The van der Waals surface area contributed by atoms with Crippen LogP contribution < -0.4 is 15.5 Å². The molecule has 9 heteroatoms. The van der Waals surface area contributed by atoms with E-state index in [-0.39, 0.29) is 36.6 Å². The molecule has 0 aromatic heterocycles. The van der Waals surface area contributed by atoms with Crippen LogP contribution >= 0.6 is 0 Å². The molecule has 1 atom stereocenters. The van der Waals surface area contributed by atoms with Gasteiger partial charge in [-0.05, 0) is 64.0 Å². The maximum absolute atomic E-state index is 13.6. The SMILES string of the molecule is CCNC(=O)[C@H]1CC[C@H](N(c2cccc3c2C(=O)N(C2CCC(=O)NC2=O)C3=O)C2CC2)CC1. The van der Waals surface area contributed by atoms with Crippen LogP contribution in [-0.2, 0) is 14.4 Å². The van der Waals surface area contributed by atoms with Gasteiger partial charge in [-0.1, -0.05) is 6.07 Å². The first-order chi connectivity index (χ1) is 16.4. The minimum atomic E-state index is -0.972. The van der Waals surface area contributed by atoms with Crippen molar-refractivity contribution in [2.24, 2.45) is 5.92 Å². The second-order valence-electron chi connectivity index (χ2n) is 9.69. The Balaban J connectivity index is 1.41. The normalized spacial score (nSPS) is 26.9. The molecule has 0 radical (unpaired) electrons. The lowest BCUT2D eigenvalue weighted by atomic mass is 9.84. The topological polar surface area (TPSA) is 116 Å². The molecule has 34 heavy (non-hydrogen) atoms. The summed E-state index contributed by atoms with van der Waals surface area (Å²) in [6, 6.07) is 4.86. The van der Waals surface area contributed by atoms with Crippen LogP contribution in [0, 0.1) is 5.92 Å². The Bertz CT molecular complexity index is 1060. The van der Waals surface area contributed by atoms with Gasteiger partial charge in [0.05, 0.1) is 16.8 Å². The highest BCUT2D eigenvalue weighted by molar-refractivity contribution is 6.25. The minimum Gasteiger partial charge on any atom is -0.365 e. The number of benzene rings is 1. The lowest BCUT2D eigenvalue weighted by Gasteiger charge is -2.39. The fourth-order valence-electron chi connectivity index (χ4n) is 5.69. The average Bonchev–Trinajstić information content (AvgIpc) is 3.62. The number of anilines is 1. The van der Waals surface area contributed by atoms with Crippen molar-refractivity contribution < 1.29 is 24.0 Å². The largest absolute Gasteiger partial charge is 0.365 e. The third-order valence-corrected chi connectivity index (χ3v) is 7.48. The number of carbonyl (C=O) groups excluding carboxylic acids is 5. The van der Waals surface area contributed by atoms with E-state index in [0.29, 0.717) is 23.7 Å². The van der Waals surface area contributed by atoms with Gasteiger partial charge in [0.2, 0.25) is 17.7 Å². The molecule has 5 amide bonds. The first-order valence-corrected chi connectivity index (χ1v) is 12.3. The van der Waals surface area contributed by atoms with Crippen LogP contribution in [0.5, 0.6) is 0 Å². The summed E-state index contributed by atoms with van der Waals surface area (Å²) in [5.74, 6) is -1.80. The number of carbonyl (C=O) groups is 5. The van der Waals surface area contributed by atoms with Crippen molar-refractivity contribution in [3.63, 3.8) is 0 Å². The second-order valence-corrected chi connectivity index (χ2v) is 9.69. The molecule has 3 fully saturated rings. The van der Waals surface area contributed by atoms with E-state index >= 15 is 0 Å². The molecule has 4 aliphatic rings. The van der Waals surface area contributed by atoms with Gasteiger partial charge in [0, 0.05) is 31.0 Å². The highest BCUT2D eigenvalue weighted by Gasteiger charge is 2.47. The molecule has 9 nitrogen and oxygen atoms in total. The first kappa shape index (κ1) is 22.6. The van der Waals surface area contributed by atoms with Crippen molar-refractivity contribution >= 4 is 35.2 Å². The summed E-state index contributed by atoms with van der Waals surface area (Å²) >= 11 is 0. The number of amides is 5. The van der Waals surface area contributed by atoms with Crippen LogP contribution in [0.15, 0.2) is 18.2 Å². The van der Waals surface area contributed by atoms with Gasteiger partial charge in [-0.2, -0.15) is 0 Å². The van der Waals surface area contributed by atoms with E-state index in [1.807, 2.05) is 13.0 Å². The Morgan fingerprint density at radius 1 is 1.00 bits per heavy atom. The lowest BCUT2D eigenvalue weighted by molar-refractivity contribution is -0.136. The lowest BCUT2D eigenvalue weighted by Crippen LogP contribution is -2.54. The van der Waals surface area contributed by atoms with Gasteiger partial charge in [-0.15, -0.1) is 0 Å². The quantitative estimate of drug-likeness (QED) is 0.617. The van der Waals surface area contributed by atoms with Crippen LogP contribution in [0.4, 0.5) is 5.69 Å². The summed E-state index contributed by atoms with van der Waals surface area (Å²) in [7, 11) is 0. The van der Waals surface area contributed by atoms with Gasteiger partial charge in [-0.25, -0.2) is 0 Å². The van der Waals surface area contributed by atoms with Crippen molar-refractivity contribution in [1.29, 1.82) is 0 Å². The number of piperidine rings is 1. The minimum absolute atomic E-state index is 0.0185. The van der Waals surface area contributed by atoms with Crippen molar-refractivity contribution in [3.8, 4) is 0 Å². The molecule has 2 aliphatic heterocycles. The molecule has 1 aromatic rings. The van der Waals surface area contributed by atoms with E-state index in [2.05, 4.69) is 15.5 Å². The Hall–Kier alpha value is -3.23. The molecule has 2 heterocycles. The van der Waals surface area contributed by atoms with Crippen molar-refractivity contribution in [2.45, 2.75) is 76.4 Å². The monoisotopic (exact) mass is 466 g/mol. The van der Waals surface area contributed by atoms with E-state index < -0.39 is 23.8 Å². The Morgan fingerprint density at radius 3 is 2.29 bits per heavy atom. The molecule has 0 spiro atoms. The van der Waals surface area contributed by atoms with Crippen molar-refractivity contribution in [2.75, 3.05) is 11.4 Å². The molecule has 5 rings (SSSR count). The fourth-order valence-corrected chi connectivity index (χ4v) is 5.69. The second kappa shape index (κ2) is 8.85. The highest BCUT2D eigenvalue weighted by Crippen LogP contribution is 2.43. The zero-order valence-corrected chi connectivity index (χ0v) is 19.3. The van der Waals surface area contributed by atoms with Gasteiger partial charge in [-0.3, -0.25) is 34.2 Å².